The van der Waals surface area contributed by atoms with E-state index in [4.69, 9.17) is 10.8 Å². The van der Waals surface area contributed by atoms with Gasteiger partial charge < -0.3 is 10.8 Å². The summed E-state index contributed by atoms with van der Waals surface area (Å²) in [6, 6.07) is 7.64. The Labute approximate surface area is 128 Å². The number of rotatable bonds is 2. The Kier molecular flexibility index (Phi) is 3.83. The van der Waals surface area contributed by atoms with Gasteiger partial charge in [0, 0.05) is 0 Å². The van der Waals surface area contributed by atoms with Crippen molar-refractivity contribution in [3.63, 3.8) is 0 Å². The highest BCUT2D eigenvalue weighted by Gasteiger charge is 2.00. The van der Waals surface area contributed by atoms with Crippen molar-refractivity contribution in [3.8, 4) is 0 Å². The van der Waals surface area contributed by atoms with E-state index in [0.717, 1.165) is 22.8 Å². The minimum Gasteiger partial charge on any atom is -0.301 e. The zero-order chi connectivity index (χ0) is 15.4. The van der Waals surface area contributed by atoms with E-state index in [-0.39, 0.29) is 0 Å². The predicted octanol–water partition coefficient (Wildman–Crippen LogP) is 4.12. The molecule has 22 heavy (non-hydrogen) atoms. The van der Waals surface area contributed by atoms with Gasteiger partial charge in [-0.25, -0.2) is 9.98 Å². The number of aliphatic imine (C=N–C) groups is 2. The van der Waals surface area contributed by atoms with Crippen LogP contribution in [0.2, 0.25) is 0 Å². The van der Waals surface area contributed by atoms with Crippen molar-refractivity contribution in [1.82, 2.24) is 0 Å². The average molecular weight is 286 g/mol. The maximum absolute atomic E-state index is 7.45. The number of nitrogens with one attached hydrogen (secondary N) is 2. The summed E-state index contributed by atoms with van der Waals surface area (Å²) < 4.78 is 0. The Hall–Kier alpha value is -3.14. The summed E-state index contributed by atoms with van der Waals surface area (Å²) in [6.45, 7) is 0. The first-order valence-corrected chi connectivity index (χ1v) is 6.86. The fourth-order valence-corrected chi connectivity index (χ4v) is 1.97. The molecule has 1 aromatic carbocycles. The minimum absolute atomic E-state index is 0.479. The van der Waals surface area contributed by atoms with E-state index in [1.54, 1.807) is 24.3 Å². The first-order valence-electron chi connectivity index (χ1n) is 6.86. The molecule has 0 unspecified atom stereocenters. The molecular weight excluding hydrogens is 272 g/mol. The van der Waals surface area contributed by atoms with Crippen LogP contribution in [0.5, 0.6) is 0 Å². The first-order chi connectivity index (χ1) is 10.7. The molecule has 4 nitrogen and oxygen atoms in total. The molecule has 0 bridgehead atoms. The number of hydrogen-bond acceptors (Lipinski definition) is 4. The summed E-state index contributed by atoms with van der Waals surface area (Å²) in [5.74, 6) is 0. The van der Waals surface area contributed by atoms with Gasteiger partial charge in [-0.3, -0.25) is 0 Å². The Bertz CT molecular complexity index is 695. The summed E-state index contributed by atoms with van der Waals surface area (Å²) in [5, 5.41) is 14.9. The third kappa shape index (κ3) is 3.49. The van der Waals surface area contributed by atoms with Gasteiger partial charge in [-0.2, -0.15) is 0 Å². The second-order valence-corrected chi connectivity index (χ2v) is 4.83. The molecular formula is C18H14N4. The third-order valence-electron chi connectivity index (χ3n) is 3.10. The van der Waals surface area contributed by atoms with Gasteiger partial charge in [0.25, 0.3) is 0 Å². The fourth-order valence-electron chi connectivity index (χ4n) is 1.97. The summed E-state index contributed by atoms with van der Waals surface area (Å²) in [5.41, 5.74) is 4.30. The number of nitrogens with zero attached hydrogens (tertiary/aromatic N) is 2. The molecule has 0 spiro atoms. The van der Waals surface area contributed by atoms with Gasteiger partial charge in [0.2, 0.25) is 0 Å². The lowest BCUT2D eigenvalue weighted by Crippen LogP contribution is -1.98. The molecule has 0 aromatic heterocycles. The number of hydrogen-bond donors (Lipinski definition) is 2. The molecule has 0 heterocycles. The largest absolute Gasteiger partial charge is 0.301 e. The second kappa shape index (κ2) is 6.10. The lowest BCUT2D eigenvalue weighted by molar-refractivity contribution is 1.47. The zero-order valence-corrected chi connectivity index (χ0v) is 11.8. The Morgan fingerprint density at radius 3 is 1.14 bits per heavy atom. The zero-order valence-electron chi connectivity index (χ0n) is 11.8. The molecule has 4 heteroatoms. The van der Waals surface area contributed by atoms with E-state index >= 15 is 0 Å². The molecule has 0 saturated heterocycles. The molecule has 0 fully saturated rings. The van der Waals surface area contributed by atoms with E-state index in [2.05, 4.69) is 9.98 Å². The van der Waals surface area contributed by atoms with Crippen molar-refractivity contribution in [2.75, 3.05) is 0 Å². The van der Waals surface area contributed by atoms with Crippen molar-refractivity contribution in [2.45, 2.75) is 0 Å². The van der Waals surface area contributed by atoms with Crippen molar-refractivity contribution in [1.29, 1.82) is 10.8 Å². The van der Waals surface area contributed by atoms with Gasteiger partial charge in [-0.05, 0) is 72.9 Å². The van der Waals surface area contributed by atoms with Crippen molar-refractivity contribution in [2.24, 2.45) is 9.98 Å². The molecule has 3 rings (SSSR count). The van der Waals surface area contributed by atoms with E-state index in [1.807, 2.05) is 48.6 Å². The number of benzene rings is 1. The van der Waals surface area contributed by atoms with Crippen LogP contribution in [-0.4, -0.2) is 22.8 Å². The molecule has 2 aliphatic carbocycles. The molecule has 0 atom stereocenters. The number of allylic oxidation sites excluding steroid dienone is 8. The standard InChI is InChI=1S/C18H14N4/c19-13-1-5-15(6-2-13)21-17-9-11-18(12-10-17)22-16-7-3-14(20)4-8-16/h1-12,19-20H. The van der Waals surface area contributed by atoms with Gasteiger partial charge in [-0.1, -0.05) is 0 Å². The molecule has 106 valence electrons. The Morgan fingerprint density at radius 1 is 0.500 bits per heavy atom. The smallest absolute Gasteiger partial charge is 0.0638 e. The normalized spacial score (nSPS) is 16.4. The molecule has 0 amide bonds. The van der Waals surface area contributed by atoms with Gasteiger partial charge in [-0.15, -0.1) is 0 Å². The van der Waals surface area contributed by atoms with Crippen LogP contribution in [0.4, 0.5) is 11.4 Å². The quantitative estimate of drug-likeness (QED) is 0.767. The van der Waals surface area contributed by atoms with E-state index in [0.29, 0.717) is 11.4 Å². The monoisotopic (exact) mass is 286 g/mol. The summed E-state index contributed by atoms with van der Waals surface area (Å²) in [4.78, 5) is 8.98. The molecule has 0 aliphatic heterocycles. The molecule has 2 aliphatic rings. The van der Waals surface area contributed by atoms with E-state index in [9.17, 15) is 0 Å². The maximum Gasteiger partial charge on any atom is 0.0638 e. The Morgan fingerprint density at radius 2 is 0.818 bits per heavy atom. The van der Waals surface area contributed by atoms with Gasteiger partial charge in [0.05, 0.1) is 34.2 Å². The lowest BCUT2D eigenvalue weighted by atomic mass is 10.1. The van der Waals surface area contributed by atoms with Crippen LogP contribution in [0.3, 0.4) is 0 Å². The fraction of sp³-hybridized carbons (Fsp3) is 0. The highest BCUT2D eigenvalue weighted by molar-refractivity contribution is 6.18. The van der Waals surface area contributed by atoms with Crippen molar-refractivity contribution in [3.05, 3.63) is 72.9 Å². The van der Waals surface area contributed by atoms with E-state index in [1.165, 1.54) is 0 Å². The van der Waals surface area contributed by atoms with Crippen LogP contribution in [0, 0.1) is 10.8 Å². The molecule has 0 saturated carbocycles. The van der Waals surface area contributed by atoms with Crippen LogP contribution in [-0.2, 0) is 0 Å². The molecule has 2 N–H and O–H groups in total. The van der Waals surface area contributed by atoms with E-state index < -0.39 is 0 Å². The highest BCUT2D eigenvalue weighted by atomic mass is 14.8. The maximum atomic E-state index is 7.45. The predicted molar refractivity (Wildman–Crippen MR) is 92.6 cm³/mol. The highest BCUT2D eigenvalue weighted by Crippen LogP contribution is 2.20. The SMILES string of the molecule is N=C1C=CC(=Nc2ccc(N=C3C=CC(=N)C=C3)cc2)C=C1. The molecule has 0 radical (unpaired) electrons. The first kappa shape index (κ1) is 13.8. The Balaban J connectivity index is 1.76. The van der Waals surface area contributed by atoms with Crippen molar-refractivity contribution < 1.29 is 0 Å². The van der Waals surface area contributed by atoms with Crippen LogP contribution < -0.4 is 0 Å². The summed E-state index contributed by atoms with van der Waals surface area (Å²) in [7, 11) is 0. The third-order valence-corrected chi connectivity index (χ3v) is 3.10. The van der Waals surface area contributed by atoms with Crippen LogP contribution in [0.1, 0.15) is 0 Å². The second-order valence-electron chi connectivity index (χ2n) is 4.83. The average Bonchev–Trinajstić information content (AvgIpc) is 2.54. The lowest BCUT2D eigenvalue weighted by Gasteiger charge is -2.03. The van der Waals surface area contributed by atoms with Crippen molar-refractivity contribution >= 4 is 34.2 Å². The van der Waals surface area contributed by atoms with Gasteiger partial charge in [0.15, 0.2) is 0 Å². The van der Waals surface area contributed by atoms with Gasteiger partial charge >= 0.3 is 0 Å². The van der Waals surface area contributed by atoms with Crippen LogP contribution >= 0.6 is 0 Å². The topological polar surface area (TPSA) is 72.4 Å². The van der Waals surface area contributed by atoms with Crippen LogP contribution in [0.15, 0.2) is 82.9 Å². The summed E-state index contributed by atoms with van der Waals surface area (Å²) >= 11 is 0. The molecule has 1 aromatic rings. The minimum atomic E-state index is 0.479. The van der Waals surface area contributed by atoms with Crippen LogP contribution in [0.25, 0.3) is 0 Å². The summed E-state index contributed by atoms with van der Waals surface area (Å²) in [6.07, 6.45) is 14.2. The van der Waals surface area contributed by atoms with Gasteiger partial charge in [0.1, 0.15) is 0 Å².